The summed E-state index contributed by atoms with van der Waals surface area (Å²) in [6.45, 7) is 5.16. The van der Waals surface area contributed by atoms with Crippen LogP contribution in [-0.2, 0) is 6.18 Å². The standard InChI is InChI=1S/C21H23F3N6S/c1-14-5-7-26-19-17(6-8-25-18(14)19)27-28-20(31)30-11-9-29(10-12-30)16-4-2-3-15(13-16)21(22,23)24/h2-5,7,13,25H,6,8-12H2,1H3,(H,28,31)/b27-17-. The van der Waals surface area contributed by atoms with Crippen molar-refractivity contribution < 1.29 is 13.2 Å². The Balaban J connectivity index is 1.37. The fourth-order valence-corrected chi connectivity index (χ4v) is 3.99. The van der Waals surface area contributed by atoms with Crippen LogP contribution in [0.2, 0.25) is 0 Å². The van der Waals surface area contributed by atoms with E-state index in [0.717, 1.165) is 41.7 Å². The van der Waals surface area contributed by atoms with Crippen molar-refractivity contribution in [3.63, 3.8) is 0 Å². The van der Waals surface area contributed by atoms with Gasteiger partial charge in [0, 0.05) is 51.0 Å². The summed E-state index contributed by atoms with van der Waals surface area (Å²) in [5, 5.41) is 8.36. The third kappa shape index (κ3) is 4.73. The highest BCUT2D eigenvalue weighted by Crippen LogP contribution is 2.32. The number of aryl methyl sites for hydroxylation is 1. The van der Waals surface area contributed by atoms with E-state index in [1.807, 2.05) is 22.8 Å². The van der Waals surface area contributed by atoms with Crippen molar-refractivity contribution >= 4 is 34.4 Å². The molecule has 0 unspecified atom stereocenters. The van der Waals surface area contributed by atoms with Crippen molar-refractivity contribution in [2.24, 2.45) is 5.10 Å². The highest BCUT2D eigenvalue weighted by atomic mass is 32.1. The van der Waals surface area contributed by atoms with E-state index in [2.05, 4.69) is 20.8 Å². The number of benzene rings is 1. The smallest absolute Gasteiger partial charge is 0.383 e. The second-order valence-corrected chi connectivity index (χ2v) is 7.91. The number of hydrogen-bond donors (Lipinski definition) is 2. The van der Waals surface area contributed by atoms with Gasteiger partial charge in [-0.15, -0.1) is 0 Å². The first-order valence-electron chi connectivity index (χ1n) is 10.1. The van der Waals surface area contributed by atoms with Gasteiger partial charge in [-0.1, -0.05) is 6.07 Å². The molecule has 0 saturated carbocycles. The lowest BCUT2D eigenvalue weighted by Crippen LogP contribution is -2.51. The molecule has 31 heavy (non-hydrogen) atoms. The van der Waals surface area contributed by atoms with Gasteiger partial charge in [-0.25, -0.2) is 0 Å². The second kappa shape index (κ2) is 8.70. The second-order valence-electron chi connectivity index (χ2n) is 7.53. The summed E-state index contributed by atoms with van der Waals surface area (Å²) in [6, 6.07) is 7.39. The number of hydrogen-bond acceptors (Lipinski definition) is 5. The number of pyridine rings is 1. The molecule has 1 fully saturated rings. The van der Waals surface area contributed by atoms with Crippen LogP contribution in [0, 0.1) is 6.92 Å². The van der Waals surface area contributed by atoms with Gasteiger partial charge < -0.3 is 15.1 Å². The summed E-state index contributed by atoms with van der Waals surface area (Å²) in [6.07, 6.45) is -1.84. The lowest BCUT2D eigenvalue weighted by molar-refractivity contribution is -0.137. The molecule has 0 spiro atoms. The van der Waals surface area contributed by atoms with Gasteiger partial charge in [0.1, 0.15) is 5.69 Å². The van der Waals surface area contributed by atoms with Crippen LogP contribution >= 0.6 is 12.2 Å². The van der Waals surface area contributed by atoms with Gasteiger partial charge in [0.15, 0.2) is 5.11 Å². The summed E-state index contributed by atoms with van der Waals surface area (Å²) < 4.78 is 38.9. The lowest BCUT2D eigenvalue weighted by atomic mass is 10.0. The Kier molecular flexibility index (Phi) is 5.99. The van der Waals surface area contributed by atoms with E-state index in [1.54, 1.807) is 12.3 Å². The fourth-order valence-electron chi connectivity index (χ4n) is 3.77. The maximum Gasteiger partial charge on any atom is 0.416 e. The fraction of sp³-hybridized carbons (Fsp3) is 0.381. The highest BCUT2D eigenvalue weighted by Gasteiger charge is 2.31. The number of fused-ring (bicyclic) bond motifs is 1. The first kappa shape index (κ1) is 21.4. The van der Waals surface area contributed by atoms with Gasteiger partial charge in [-0.2, -0.15) is 18.3 Å². The van der Waals surface area contributed by atoms with Crippen LogP contribution in [0.4, 0.5) is 24.5 Å². The maximum atomic E-state index is 13.0. The molecular formula is C21H23F3N6S. The first-order valence-corrected chi connectivity index (χ1v) is 10.5. The van der Waals surface area contributed by atoms with E-state index in [4.69, 9.17) is 12.2 Å². The molecule has 6 nitrogen and oxygen atoms in total. The maximum absolute atomic E-state index is 13.0. The zero-order valence-corrected chi connectivity index (χ0v) is 17.9. The van der Waals surface area contributed by atoms with Crippen molar-refractivity contribution in [3.05, 3.63) is 53.3 Å². The van der Waals surface area contributed by atoms with Gasteiger partial charge in [-0.05, 0) is 49.0 Å². The SMILES string of the molecule is Cc1ccnc2c1NCC/C2=N/NC(=S)N1CCN(c2cccc(C(F)(F)F)c2)CC1. The minimum Gasteiger partial charge on any atom is -0.383 e. The third-order valence-electron chi connectivity index (χ3n) is 5.49. The van der Waals surface area contributed by atoms with Gasteiger partial charge in [0.25, 0.3) is 0 Å². The Morgan fingerprint density at radius 2 is 1.97 bits per heavy atom. The van der Waals surface area contributed by atoms with Crippen LogP contribution < -0.4 is 15.6 Å². The van der Waals surface area contributed by atoms with E-state index < -0.39 is 11.7 Å². The predicted molar refractivity (Wildman–Crippen MR) is 120 cm³/mol. The molecule has 2 aliphatic heterocycles. The molecule has 3 heterocycles. The Morgan fingerprint density at radius 1 is 1.19 bits per heavy atom. The van der Waals surface area contributed by atoms with E-state index in [-0.39, 0.29) is 0 Å². The number of rotatable bonds is 2. The molecule has 2 aliphatic rings. The highest BCUT2D eigenvalue weighted by molar-refractivity contribution is 7.80. The quantitative estimate of drug-likeness (QED) is 0.541. The molecule has 1 saturated heterocycles. The summed E-state index contributed by atoms with van der Waals surface area (Å²) >= 11 is 5.50. The Morgan fingerprint density at radius 3 is 2.71 bits per heavy atom. The van der Waals surface area contributed by atoms with Crippen molar-refractivity contribution in [1.29, 1.82) is 0 Å². The molecule has 4 rings (SSSR count). The summed E-state index contributed by atoms with van der Waals surface area (Å²) in [4.78, 5) is 8.36. The average Bonchev–Trinajstić information content (AvgIpc) is 2.77. The topological polar surface area (TPSA) is 55.8 Å². The van der Waals surface area contributed by atoms with Gasteiger partial charge in [0.2, 0.25) is 0 Å². The molecule has 0 radical (unpaired) electrons. The van der Waals surface area contributed by atoms with Crippen molar-refractivity contribution in [2.45, 2.75) is 19.5 Å². The monoisotopic (exact) mass is 448 g/mol. The molecule has 164 valence electrons. The summed E-state index contributed by atoms with van der Waals surface area (Å²) in [5.41, 5.74) is 6.70. The van der Waals surface area contributed by atoms with Crippen LogP contribution in [0.1, 0.15) is 23.2 Å². The van der Waals surface area contributed by atoms with Crippen LogP contribution in [-0.4, -0.2) is 53.4 Å². The van der Waals surface area contributed by atoms with Gasteiger partial charge >= 0.3 is 6.18 Å². The molecule has 0 amide bonds. The number of alkyl halides is 3. The molecule has 2 N–H and O–H groups in total. The minimum absolute atomic E-state index is 0.504. The number of hydrazone groups is 1. The molecule has 10 heteroatoms. The van der Waals surface area contributed by atoms with Gasteiger partial charge in [-0.3, -0.25) is 10.4 Å². The Hall–Kier alpha value is -2.88. The van der Waals surface area contributed by atoms with Crippen LogP contribution in [0.3, 0.4) is 0 Å². The number of nitrogens with one attached hydrogen (secondary N) is 2. The molecule has 0 aliphatic carbocycles. The van der Waals surface area contributed by atoms with Crippen LogP contribution in [0.25, 0.3) is 0 Å². The van der Waals surface area contributed by atoms with Crippen molar-refractivity contribution in [1.82, 2.24) is 15.3 Å². The number of halogens is 3. The Bertz CT molecular complexity index is 999. The predicted octanol–water partition coefficient (Wildman–Crippen LogP) is 3.63. The normalized spacial score (nSPS) is 17.9. The molecule has 2 aromatic rings. The molecule has 0 bridgehead atoms. The van der Waals surface area contributed by atoms with Crippen LogP contribution in [0.15, 0.2) is 41.6 Å². The molecule has 1 aromatic heterocycles. The Labute approximate surface area is 184 Å². The van der Waals surface area contributed by atoms with Crippen molar-refractivity contribution in [2.75, 3.05) is 42.9 Å². The largest absolute Gasteiger partial charge is 0.416 e. The van der Waals surface area contributed by atoms with E-state index >= 15 is 0 Å². The van der Waals surface area contributed by atoms with Gasteiger partial charge in [0.05, 0.1) is 17.0 Å². The summed E-state index contributed by atoms with van der Waals surface area (Å²) in [7, 11) is 0. The zero-order chi connectivity index (χ0) is 22.0. The first-order chi connectivity index (χ1) is 14.8. The van der Waals surface area contributed by atoms with E-state index in [0.29, 0.717) is 37.0 Å². The average molecular weight is 449 g/mol. The minimum atomic E-state index is -4.34. The zero-order valence-electron chi connectivity index (χ0n) is 17.0. The number of anilines is 2. The number of aromatic nitrogens is 1. The summed E-state index contributed by atoms with van der Waals surface area (Å²) in [5.74, 6) is 0. The van der Waals surface area contributed by atoms with E-state index in [9.17, 15) is 13.2 Å². The van der Waals surface area contributed by atoms with Crippen molar-refractivity contribution in [3.8, 4) is 0 Å². The van der Waals surface area contributed by atoms with Crippen LogP contribution in [0.5, 0.6) is 0 Å². The number of nitrogens with zero attached hydrogens (tertiary/aromatic N) is 4. The number of thiocarbonyl (C=S) groups is 1. The number of piperazine rings is 1. The molecular weight excluding hydrogens is 425 g/mol. The third-order valence-corrected chi connectivity index (χ3v) is 5.84. The molecule has 0 atom stereocenters. The van der Waals surface area contributed by atoms with E-state index in [1.165, 1.54) is 12.1 Å². The lowest BCUT2D eigenvalue weighted by Gasteiger charge is -2.37. The molecule has 1 aromatic carbocycles.